The van der Waals surface area contributed by atoms with Crippen molar-refractivity contribution < 1.29 is 23.4 Å². The molecule has 3 rings (SSSR count). The Morgan fingerprint density at radius 2 is 1.82 bits per heavy atom. The number of benzene rings is 2. The fourth-order valence-electron chi connectivity index (χ4n) is 3.86. The van der Waals surface area contributed by atoms with E-state index in [9.17, 15) is 13.9 Å². The molecule has 0 aliphatic carbocycles. The van der Waals surface area contributed by atoms with Crippen LogP contribution in [0.2, 0.25) is 0 Å². The van der Waals surface area contributed by atoms with Crippen molar-refractivity contribution in [2.75, 3.05) is 26.3 Å². The van der Waals surface area contributed by atoms with Gasteiger partial charge < -0.3 is 14.6 Å². The van der Waals surface area contributed by atoms with Crippen LogP contribution in [-0.2, 0) is 18.3 Å². The molecule has 1 N–H and O–H groups in total. The van der Waals surface area contributed by atoms with Gasteiger partial charge in [-0.25, -0.2) is 13.5 Å². The van der Waals surface area contributed by atoms with Crippen molar-refractivity contribution in [1.29, 1.82) is 0 Å². The SMILES string of the molecule is CCOC[C@H](O)CN(Cc1c(-c2ccccc2)nn(C)c1Oc1ccc(F)cc1F)CC(C)C. The smallest absolute Gasteiger partial charge is 0.222 e. The maximum Gasteiger partial charge on any atom is 0.222 e. The van der Waals surface area contributed by atoms with E-state index in [-0.39, 0.29) is 12.4 Å². The molecule has 3 aromatic rings. The van der Waals surface area contributed by atoms with E-state index in [0.29, 0.717) is 37.2 Å². The molecule has 0 aliphatic rings. The summed E-state index contributed by atoms with van der Waals surface area (Å²) in [7, 11) is 1.73. The molecule has 2 aromatic carbocycles. The molecule has 0 saturated carbocycles. The molecule has 1 atom stereocenters. The maximum atomic E-state index is 14.4. The van der Waals surface area contributed by atoms with Gasteiger partial charge in [0.05, 0.1) is 18.3 Å². The summed E-state index contributed by atoms with van der Waals surface area (Å²) < 4.78 is 40.7. The number of aliphatic hydroxyl groups is 1. The highest BCUT2D eigenvalue weighted by Crippen LogP contribution is 2.35. The largest absolute Gasteiger partial charge is 0.436 e. The molecule has 8 heteroatoms. The number of rotatable bonds is 12. The third kappa shape index (κ3) is 6.85. The molecule has 184 valence electrons. The van der Waals surface area contributed by atoms with Crippen molar-refractivity contribution in [3.63, 3.8) is 0 Å². The Balaban J connectivity index is 2.00. The van der Waals surface area contributed by atoms with Gasteiger partial charge in [-0.05, 0) is 25.0 Å². The van der Waals surface area contributed by atoms with E-state index in [0.717, 1.165) is 29.8 Å². The Labute approximate surface area is 199 Å². The monoisotopic (exact) mass is 473 g/mol. The van der Waals surface area contributed by atoms with Crippen LogP contribution in [0.15, 0.2) is 48.5 Å². The third-order valence-corrected chi connectivity index (χ3v) is 5.22. The molecule has 6 nitrogen and oxygen atoms in total. The average molecular weight is 474 g/mol. The van der Waals surface area contributed by atoms with E-state index in [4.69, 9.17) is 9.47 Å². The Kier molecular flexibility index (Phi) is 9.15. The van der Waals surface area contributed by atoms with Crippen LogP contribution in [-0.4, -0.2) is 52.2 Å². The molecule has 0 spiro atoms. The first-order chi connectivity index (χ1) is 16.3. The van der Waals surface area contributed by atoms with Crippen LogP contribution in [0, 0.1) is 17.6 Å². The van der Waals surface area contributed by atoms with Crippen LogP contribution >= 0.6 is 0 Å². The van der Waals surface area contributed by atoms with Gasteiger partial charge in [0.15, 0.2) is 11.6 Å². The molecule has 0 aliphatic heterocycles. The minimum Gasteiger partial charge on any atom is -0.436 e. The van der Waals surface area contributed by atoms with Crippen molar-refractivity contribution in [3.05, 3.63) is 65.7 Å². The Morgan fingerprint density at radius 3 is 2.47 bits per heavy atom. The maximum absolute atomic E-state index is 14.4. The van der Waals surface area contributed by atoms with Crippen LogP contribution in [0.5, 0.6) is 11.6 Å². The van der Waals surface area contributed by atoms with Gasteiger partial charge in [-0.3, -0.25) is 4.90 Å². The number of aromatic nitrogens is 2. The standard InChI is InChI=1S/C26H33F2N3O3/c1-5-33-17-21(32)15-31(14-18(2)3)16-22-25(19-9-7-6-8-10-19)29-30(4)26(22)34-24-12-11-20(27)13-23(24)28/h6-13,18,21,32H,5,14-17H2,1-4H3/t21-/m1/s1. The van der Waals surface area contributed by atoms with Gasteiger partial charge >= 0.3 is 0 Å². The molecule has 0 fully saturated rings. The molecule has 0 unspecified atom stereocenters. The molecule has 0 saturated heterocycles. The lowest BCUT2D eigenvalue weighted by atomic mass is 10.1. The highest BCUT2D eigenvalue weighted by atomic mass is 19.1. The topological polar surface area (TPSA) is 59.8 Å². The summed E-state index contributed by atoms with van der Waals surface area (Å²) >= 11 is 0. The van der Waals surface area contributed by atoms with Crippen LogP contribution in [0.1, 0.15) is 26.3 Å². The number of hydrogen-bond donors (Lipinski definition) is 1. The molecule has 0 radical (unpaired) electrons. The van der Waals surface area contributed by atoms with E-state index < -0.39 is 17.7 Å². The summed E-state index contributed by atoms with van der Waals surface area (Å²) in [4.78, 5) is 2.12. The van der Waals surface area contributed by atoms with E-state index in [1.165, 1.54) is 6.07 Å². The molecule has 0 bridgehead atoms. The number of aliphatic hydroxyl groups excluding tert-OH is 1. The number of ether oxygens (including phenoxy) is 2. The predicted molar refractivity (Wildman–Crippen MR) is 128 cm³/mol. The molecular formula is C26H33F2N3O3. The first-order valence-corrected chi connectivity index (χ1v) is 11.5. The summed E-state index contributed by atoms with van der Waals surface area (Å²) in [5, 5.41) is 15.2. The van der Waals surface area contributed by atoms with Gasteiger partial charge in [0.2, 0.25) is 5.88 Å². The van der Waals surface area contributed by atoms with Gasteiger partial charge in [-0.2, -0.15) is 5.10 Å². The fourth-order valence-corrected chi connectivity index (χ4v) is 3.86. The van der Waals surface area contributed by atoms with Crippen LogP contribution in [0.25, 0.3) is 11.3 Å². The van der Waals surface area contributed by atoms with Gasteiger partial charge in [-0.15, -0.1) is 0 Å². The number of halogens is 2. The fraction of sp³-hybridized carbons (Fsp3) is 0.423. The zero-order valence-corrected chi connectivity index (χ0v) is 20.2. The van der Waals surface area contributed by atoms with Crippen molar-refractivity contribution in [1.82, 2.24) is 14.7 Å². The minimum absolute atomic E-state index is 0.0861. The number of aryl methyl sites for hydroxylation is 1. The summed E-state index contributed by atoms with van der Waals surface area (Å²) in [6.07, 6.45) is -0.658. The summed E-state index contributed by atoms with van der Waals surface area (Å²) in [6, 6.07) is 12.9. The number of nitrogens with zero attached hydrogens (tertiary/aromatic N) is 3. The van der Waals surface area contributed by atoms with Crippen LogP contribution in [0.3, 0.4) is 0 Å². The highest BCUT2D eigenvalue weighted by Gasteiger charge is 2.24. The molecule has 34 heavy (non-hydrogen) atoms. The minimum atomic E-state index is -0.792. The second kappa shape index (κ2) is 12.1. The van der Waals surface area contributed by atoms with E-state index in [2.05, 4.69) is 23.8 Å². The van der Waals surface area contributed by atoms with Gasteiger partial charge in [0.25, 0.3) is 0 Å². The normalized spacial score (nSPS) is 12.5. The van der Waals surface area contributed by atoms with Gasteiger partial charge in [0, 0.05) is 44.9 Å². The lowest BCUT2D eigenvalue weighted by Gasteiger charge is -2.27. The van der Waals surface area contributed by atoms with Crippen LogP contribution < -0.4 is 4.74 Å². The summed E-state index contributed by atoms with van der Waals surface area (Å²) in [6.45, 7) is 8.40. The number of hydrogen-bond acceptors (Lipinski definition) is 5. The zero-order chi connectivity index (χ0) is 24.7. The second-order valence-electron chi connectivity index (χ2n) is 8.70. The van der Waals surface area contributed by atoms with Gasteiger partial charge in [-0.1, -0.05) is 44.2 Å². The Bertz CT molecular complexity index is 1060. The first-order valence-electron chi connectivity index (χ1n) is 11.5. The quantitative estimate of drug-likeness (QED) is 0.401. The predicted octanol–water partition coefficient (Wildman–Crippen LogP) is 5.01. The van der Waals surface area contributed by atoms with Crippen molar-refractivity contribution in [2.24, 2.45) is 13.0 Å². The molecule has 0 amide bonds. The molecular weight excluding hydrogens is 440 g/mol. The summed E-state index contributed by atoms with van der Waals surface area (Å²) in [5.41, 5.74) is 2.34. The Morgan fingerprint density at radius 1 is 1.09 bits per heavy atom. The van der Waals surface area contributed by atoms with E-state index >= 15 is 0 Å². The summed E-state index contributed by atoms with van der Waals surface area (Å²) in [5.74, 6) is -0.851. The lowest BCUT2D eigenvalue weighted by Crippen LogP contribution is -2.37. The van der Waals surface area contributed by atoms with Gasteiger partial charge in [0.1, 0.15) is 11.5 Å². The Hall–Kier alpha value is -2.81. The average Bonchev–Trinajstić information content (AvgIpc) is 3.09. The van der Waals surface area contributed by atoms with Crippen molar-refractivity contribution in [2.45, 2.75) is 33.4 Å². The third-order valence-electron chi connectivity index (χ3n) is 5.22. The van der Waals surface area contributed by atoms with Crippen LogP contribution in [0.4, 0.5) is 8.78 Å². The zero-order valence-electron chi connectivity index (χ0n) is 20.2. The molecule has 1 aromatic heterocycles. The van der Waals surface area contributed by atoms with Crippen molar-refractivity contribution >= 4 is 0 Å². The van der Waals surface area contributed by atoms with E-state index in [1.54, 1.807) is 11.7 Å². The molecule has 1 heterocycles. The van der Waals surface area contributed by atoms with E-state index in [1.807, 2.05) is 37.3 Å². The lowest BCUT2D eigenvalue weighted by molar-refractivity contribution is 0.0174. The van der Waals surface area contributed by atoms with Crippen molar-refractivity contribution in [3.8, 4) is 22.9 Å². The first kappa shape index (κ1) is 25.8. The second-order valence-corrected chi connectivity index (χ2v) is 8.70. The highest BCUT2D eigenvalue weighted by molar-refractivity contribution is 5.65.